The lowest BCUT2D eigenvalue weighted by molar-refractivity contribution is -0.299. The zero-order chi connectivity index (χ0) is 24.9. The summed E-state index contributed by atoms with van der Waals surface area (Å²) in [6.45, 7) is 1.48. The summed E-state index contributed by atoms with van der Waals surface area (Å²) in [5.74, 6) is -1.34. The third-order valence-electron chi connectivity index (χ3n) is 5.82. The smallest absolute Gasteiger partial charge is 0.416 e. The third kappa shape index (κ3) is 3.56. The lowest BCUT2D eigenvalue weighted by Gasteiger charge is -2.38. The predicted octanol–water partition coefficient (Wildman–Crippen LogP) is 3.48. The number of carbonyl (C=O) groups excluding carboxylic acids is 1. The van der Waals surface area contributed by atoms with Crippen molar-refractivity contribution in [2.75, 3.05) is 4.90 Å². The Morgan fingerprint density at radius 1 is 1.17 bits per heavy atom. The van der Waals surface area contributed by atoms with Gasteiger partial charge in [-0.2, -0.15) is 23.4 Å². The van der Waals surface area contributed by atoms with E-state index in [1.165, 1.54) is 36.5 Å². The summed E-state index contributed by atoms with van der Waals surface area (Å²) in [5.41, 5.74) is 0.629. The molecule has 35 heavy (non-hydrogen) atoms. The molecule has 3 heterocycles. The maximum Gasteiger partial charge on any atom is 0.416 e. The van der Waals surface area contributed by atoms with Crippen molar-refractivity contribution in [2.24, 2.45) is 0 Å². The minimum atomic E-state index is -4.60. The number of imidazole rings is 1. The van der Waals surface area contributed by atoms with Gasteiger partial charge in [0.2, 0.25) is 5.95 Å². The van der Waals surface area contributed by atoms with Crippen LogP contribution in [0.2, 0.25) is 0 Å². The zero-order valence-corrected chi connectivity index (χ0v) is 18.0. The number of anilines is 2. The van der Waals surface area contributed by atoms with Gasteiger partial charge in [0.25, 0.3) is 0 Å². The summed E-state index contributed by atoms with van der Waals surface area (Å²) >= 11 is 0. The molecule has 0 spiro atoms. The molecule has 0 aliphatic carbocycles. The summed E-state index contributed by atoms with van der Waals surface area (Å²) in [6, 6.07) is 11.9. The summed E-state index contributed by atoms with van der Waals surface area (Å²) in [4.78, 5) is 26.5. The topological polar surface area (TPSA) is 111 Å². The number of carboxylic acids is 1. The monoisotopic (exact) mass is 475 g/mol. The van der Waals surface area contributed by atoms with Crippen LogP contribution in [0.25, 0.3) is 11.2 Å². The summed E-state index contributed by atoms with van der Waals surface area (Å²) in [6.07, 6.45) is -1.88. The normalized spacial score (nSPS) is 15.7. The van der Waals surface area contributed by atoms with E-state index >= 15 is 0 Å². The standard InChI is InChI=1S/C24H15F3N6O2/c1-13-19(22(34)35)20(15-7-5-14(10-28)6-8-15)33-18-11-29-12-30-21(18)31-23(33)32(13)17-4-2-3-16(9-17)24(25,26)27/h2-9,11-12,20H,1H3,(H,34,35)/p-1. The molecule has 0 fully saturated rings. The van der Waals surface area contributed by atoms with Gasteiger partial charge in [0.1, 0.15) is 11.8 Å². The highest BCUT2D eigenvalue weighted by Gasteiger charge is 2.37. The first-order valence-corrected chi connectivity index (χ1v) is 10.3. The minimum absolute atomic E-state index is 0.0684. The van der Waals surface area contributed by atoms with Gasteiger partial charge >= 0.3 is 6.18 Å². The predicted molar refractivity (Wildman–Crippen MR) is 116 cm³/mol. The van der Waals surface area contributed by atoms with Crippen LogP contribution in [-0.2, 0) is 11.0 Å². The molecular formula is C24H14F3N6O2-. The second-order valence-corrected chi connectivity index (χ2v) is 7.82. The molecule has 1 atom stereocenters. The van der Waals surface area contributed by atoms with Crippen molar-refractivity contribution in [3.05, 3.63) is 89.0 Å². The fraction of sp³-hybridized carbons (Fsp3) is 0.125. The Hall–Kier alpha value is -4.72. The molecule has 0 saturated heterocycles. The average molecular weight is 475 g/mol. The molecule has 4 aromatic rings. The van der Waals surface area contributed by atoms with Gasteiger partial charge in [0, 0.05) is 17.0 Å². The Labute approximate surface area is 196 Å². The highest BCUT2D eigenvalue weighted by Crippen LogP contribution is 2.45. The number of carbonyl (C=O) groups is 1. The number of rotatable bonds is 3. The number of alkyl halides is 3. The molecule has 1 unspecified atom stereocenters. The fourth-order valence-corrected chi connectivity index (χ4v) is 4.28. The number of benzene rings is 2. The Morgan fingerprint density at radius 3 is 2.57 bits per heavy atom. The molecule has 11 heteroatoms. The molecule has 2 aromatic heterocycles. The average Bonchev–Trinajstić information content (AvgIpc) is 3.21. The molecule has 0 radical (unpaired) electrons. The zero-order valence-electron chi connectivity index (χ0n) is 18.0. The van der Waals surface area contributed by atoms with E-state index in [0.29, 0.717) is 16.6 Å². The Balaban J connectivity index is 1.83. The van der Waals surface area contributed by atoms with Crippen LogP contribution in [0.5, 0.6) is 0 Å². The van der Waals surface area contributed by atoms with Crippen molar-refractivity contribution in [1.82, 2.24) is 19.5 Å². The van der Waals surface area contributed by atoms with E-state index in [1.54, 1.807) is 28.8 Å². The van der Waals surface area contributed by atoms with Gasteiger partial charge in [-0.05, 0) is 42.8 Å². The van der Waals surface area contributed by atoms with Crippen LogP contribution in [0.15, 0.2) is 72.3 Å². The number of hydrogen-bond acceptors (Lipinski definition) is 7. The molecule has 0 N–H and O–H groups in total. The minimum Gasteiger partial charge on any atom is -0.545 e. The van der Waals surface area contributed by atoms with Crippen LogP contribution in [0.3, 0.4) is 0 Å². The van der Waals surface area contributed by atoms with E-state index < -0.39 is 23.8 Å². The maximum atomic E-state index is 13.4. The SMILES string of the molecule is CC1=C(C(=O)[O-])C(c2ccc(C#N)cc2)n2c(nc3ncncc32)N1c1cccc(C(F)(F)F)c1. The van der Waals surface area contributed by atoms with Crippen molar-refractivity contribution in [1.29, 1.82) is 5.26 Å². The molecule has 174 valence electrons. The van der Waals surface area contributed by atoms with Crippen LogP contribution < -0.4 is 10.0 Å². The van der Waals surface area contributed by atoms with Crippen molar-refractivity contribution >= 4 is 28.8 Å². The molecule has 5 rings (SSSR count). The van der Waals surface area contributed by atoms with Crippen LogP contribution in [0.4, 0.5) is 24.8 Å². The number of aliphatic carboxylic acids is 1. The number of fused-ring (bicyclic) bond motifs is 3. The molecule has 1 aliphatic heterocycles. The fourth-order valence-electron chi connectivity index (χ4n) is 4.28. The van der Waals surface area contributed by atoms with Crippen molar-refractivity contribution in [3.8, 4) is 6.07 Å². The van der Waals surface area contributed by atoms with Gasteiger partial charge in [-0.25, -0.2) is 9.97 Å². The summed E-state index contributed by atoms with van der Waals surface area (Å²) < 4.78 is 41.9. The number of hydrogen-bond donors (Lipinski definition) is 0. The number of carboxylic acid groups (broad SMARTS) is 1. The van der Waals surface area contributed by atoms with E-state index in [0.717, 1.165) is 12.1 Å². The van der Waals surface area contributed by atoms with Gasteiger partial charge in [0.15, 0.2) is 5.65 Å². The largest absolute Gasteiger partial charge is 0.545 e. The molecule has 0 bridgehead atoms. The highest BCUT2D eigenvalue weighted by molar-refractivity contribution is 5.92. The van der Waals surface area contributed by atoms with Crippen LogP contribution in [0, 0.1) is 11.3 Å². The number of aromatic nitrogens is 4. The highest BCUT2D eigenvalue weighted by atomic mass is 19.4. The molecule has 0 saturated carbocycles. The Kier molecular flexibility index (Phi) is 5.02. The Morgan fingerprint density at radius 2 is 1.91 bits per heavy atom. The van der Waals surface area contributed by atoms with E-state index in [1.807, 2.05) is 6.07 Å². The lowest BCUT2D eigenvalue weighted by atomic mass is 9.93. The molecule has 0 amide bonds. The van der Waals surface area contributed by atoms with Gasteiger partial charge < -0.3 is 9.90 Å². The second-order valence-electron chi connectivity index (χ2n) is 7.82. The second kappa shape index (κ2) is 7.95. The number of nitriles is 1. The number of halogens is 3. The van der Waals surface area contributed by atoms with E-state index in [9.17, 15) is 23.1 Å². The summed E-state index contributed by atoms with van der Waals surface area (Å²) in [5, 5.41) is 21.6. The van der Waals surface area contributed by atoms with Gasteiger partial charge in [-0.1, -0.05) is 18.2 Å². The van der Waals surface area contributed by atoms with Crippen molar-refractivity contribution in [2.45, 2.75) is 19.1 Å². The van der Waals surface area contributed by atoms with Gasteiger partial charge in [0.05, 0.1) is 35.4 Å². The summed E-state index contributed by atoms with van der Waals surface area (Å²) in [7, 11) is 0. The number of nitrogens with zero attached hydrogens (tertiary/aromatic N) is 6. The lowest BCUT2D eigenvalue weighted by Crippen LogP contribution is -2.38. The van der Waals surface area contributed by atoms with Crippen LogP contribution in [-0.4, -0.2) is 25.5 Å². The van der Waals surface area contributed by atoms with Crippen LogP contribution in [0.1, 0.15) is 29.7 Å². The molecule has 2 aromatic carbocycles. The van der Waals surface area contributed by atoms with Crippen molar-refractivity contribution in [3.63, 3.8) is 0 Å². The third-order valence-corrected chi connectivity index (χ3v) is 5.82. The van der Waals surface area contributed by atoms with E-state index in [-0.39, 0.29) is 28.6 Å². The first-order valence-electron chi connectivity index (χ1n) is 10.3. The van der Waals surface area contributed by atoms with Gasteiger partial charge in [-0.15, -0.1) is 0 Å². The maximum absolute atomic E-state index is 13.4. The molecular weight excluding hydrogens is 461 g/mol. The first-order chi connectivity index (χ1) is 16.7. The van der Waals surface area contributed by atoms with E-state index in [2.05, 4.69) is 15.0 Å². The quantitative estimate of drug-likeness (QED) is 0.446. The van der Waals surface area contributed by atoms with E-state index in [4.69, 9.17) is 5.26 Å². The molecule has 1 aliphatic rings. The Bertz CT molecular complexity index is 1550. The first kappa shape index (κ1) is 22.1. The van der Waals surface area contributed by atoms with Crippen molar-refractivity contribution < 1.29 is 23.1 Å². The molecule has 8 nitrogen and oxygen atoms in total. The number of allylic oxidation sites excluding steroid dienone is 1. The van der Waals surface area contributed by atoms with Crippen LogP contribution >= 0.6 is 0 Å². The van der Waals surface area contributed by atoms with Gasteiger partial charge in [-0.3, -0.25) is 9.47 Å².